The van der Waals surface area contributed by atoms with Crippen LogP contribution in [0.1, 0.15) is 28.7 Å². The van der Waals surface area contributed by atoms with Crippen LogP contribution in [0.2, 0.25) is 0 Å². The molecular formula is C17H17IO. The zero-order chi connectivity index (χ0) is 13.5. The lowest BCUT2D eigenvalue weighted by atomic mass is 9.88. The number of halogens is 1. The molecule has 0 spiro atoms. The molecule has 1 aliphatic carbocycles. The largest absolute Gasteiger partial charge is 0.385 e. The lowest BCUT2D eigenvalue weighted by molar-refractivity contribution is 0.0389. The fourth-order valence-electron chi connectivity index (χ4n) is 2.94. The summed E-state index contributed by atoms with van der Waals surface area (Å²) in [6.45, 7) is 2.09. The molecule has 0 bridgehead atoms. The van der Waals surface area contributed by atoms with E-state index in [9.17, 15) is 5.11 Å². The van der Waals surface area contributed by atoms with Gasteiger partial charge in [0.2, 0.25) is 0 Å². The maximum Gasteiger partial charge on any atom is 0.0942 e. The molecule has 2 aromatic rings. The van der Waals surface area contributed by atoms with Crippen LogP contribution in [-0.4, -0.2) is 5.11 Å². The third kappa shape index (κ3) is 2.56. The molecule has 19 heavy (non-hydrogen) atoms. The van der Waals surface area contributed by atoms with Crippen LogP contribution in [0, 0.1) is 10.5 Å². The van der Waals surface area contributed by atoms with E-state index in [1.807, 2.05) is 0 Å². The van der Waals surface area contributed by atoms with Crippen molar-refractivity contribution in [3.63, 3.8) is 0 Å². The SMILES string of the molecule is Cc1ccc2c(c1)C(O)(Cc1ccc(I)cc1)CC2. The summed E-state index contributed by atoms with van der Waals surface area (Å²) in [6.07, 6.45) is 2.52. The minimum Gasteiger partial charge on any atom is -0.385 e. The van der Waals surface area contributed by atoms with Crippen molar-refractivity contribution in [1.82, 2.24) is 0 Å². The van der Waals surface area contributed by atoms with Gasteiger partial charge in [-0.3, -0.25) is 0 Å². The first kappa shape index (κ1) is 13.1. The Morgan fingerprint density at radius 3 is 2.63 bits per heavy atom. The molecule has 0 heterocycles. The zero-order valence-electron chi connectivity index (χ0n) is 11.0. The molecule has 1 unspecified atom stereocenters. The Morgan fingerprint density at radius 1 is 1.16 bits per heavy atom. The molecule has 2 heteroatoms. The molecule has 1 atom stereocenters. The number of hydrogen-bond donors (Lipinski definition) is 1. The van der Waals surface area contributed by atoms with Gasteiger partial charge in [0, 0.05) is 9.99 Å². The smallest absolute Gasteiger partial charge is 0.0942 e. The van der Waals surface area contributed by atoms with Crippen LogP contribution < -0.4 is 0 Å². The van der Waals surface area contributed by atoms with E-state index in [2.05, 4.69) is 72.0 Å². The summed E-state index contributed by atoms with van der Waals surface area (Å²) in [4.78, 5) is 0. The second kappa shape index (κ2) is 4.91. The van der Waals surface area contributed by atoms with Gasteiger partial charge in [-0.1, -0.05) is 35.9 Å². The minimum atomic E-state index is -0.686. The molecule has 1 N–H and O–H groups in total. The molecule has 2 aromatic carbocycles. The summed E-state index contributed by atoms with van der Waals surface area (Å²) in [5.41, 5.74) is 4.18. The van der Waals surface area contributed by atoms with Gasteiger partial charge in [0.05, 0.1) is 5.60 Å². The molecule has 0 aromatic heterocycles. The van der Waals surface area contributed by atoms with Crippen LogP contribution >= 0.6 is 22.6 Å². The normalized spacial score (nSPS) is 21.4. The zero-order valence-corrected chi connectivity index (χ0v) is 13.1. The van der Waals surface area contributed by atoms with E-state index in [0.29, 0.717) is 6.42 Å². The van der Waals surface area contributed by atoms with E-state index in [0.717, 1.165) is 18.4 Å². The molecular weight excluding hydrogens is 347 g/mol. The Hall–Kier alpha value is -0.870. The molecule has 3 rings (SSSR count). The first-order chi connectivity index (χ1) is 9.07. The average Bonchev–Trinajstić information content (AvgIpc) is 2.70. The second-order valence-corrected chi connectivity index (χ2v) is 6.74. The second-order valence-electron chi connectivity index (χ2n) is 5.50. The number of rotatable bonds is 2. The van der Waals surface area contributed by atoms with Crippen LogP contribution in [-0.2, 0) is 18.4 Å². The fourth-order valence-corrected chi connectivity index (χ4v) is 3.30. The van der Waals surface area contributed by atoms with Crippen molar-refractivity contribution < 1.29 is 5.11 Å². The number of aryl methyl sites for hydroxylation is 2. The van der Waals surface area contributed by atoms with E-state index in [1.165, 1.54) is 20.3 Å². The van der Waals surface area contributed by atoms with Gasteiger partial charge in [0.1, 0.15) is 0 Å². The minimum absolute atomic E-state index is 0.686. The van der Waals surface area contributed by atoms with Crippen LogP contribution in [0.15, 0.2) is 42.5 Å². The highest BCUT2D eigenvalue weighted by Gasteiger charge is 2.36. The van der Waals surface area contributed by atoms with Gasteiger partial charge < -0.3 is 5.11 Å². The topological polar surface area (TPSA) is 20.2 Å². The number of hydrogen-bond acceptors (Lipinski definition) is 1. The van der Waals surface area contributed by atoms with Crippen molar-refractivity contribution in [3.05, 3.63) is 68.3 Å². The maximum absolute atomic E-state index is 11.0. The van der Waals surface area contributed by atoms with Crippen molar-refractivity contribution >= 4 is 22.6 Å². The van der Waals surface area contributed by atoms with Crippen LogP contribution in [0.25, 0.3) is 0 Å². The van der Waals surface area contributed by atoms with Gasteiger partial charge in [-0.2, -0.15) is 0 Å². The van der Waals surface area contributed by atoms with Crippen molar-refractivity contribution in [2.24, 2.45) is 0 Å². The molecule has 1 nitrogen and oxygen atoms in total. The first-order valence-electron chi connectivity index (χ1n) is 6.64. The Kier molecular flexibility index (Phi) is 3.39. The van der Waals surface area contributed by atoms with Gasteiger partial charge in [0.15, 0.2) is 0 Å². The summed E-state index contributed by atoms with van der Waals surface area (Å²) in [6, 6.07) is 14.9. The third-order valence-corrected chi connectivity index (χ3v) is 4.70. The first-order valence-corrected chi connectivity index (χ1v) is 7.71. The van der Waals surface area contributed by atoms with Crippen LogP contribution in [0.3, 0.4) is 0 Å². The number of fused-ring (bicyclic) bond motifs is 1. The van der Waals surface area contributed by atoms with Gasteiger partial charge in [-0.25, -0.2) is 0 Å². The quantitative estimate of drug-likeness (QED) is 0.800. The fraction of sp³-hybridized carbons (Fsp3) is 0.294. The summed E-state index contributed by atoms with van der Waals surface area (Å²) in [7, 11) is 0. The van der Waals surface area contributed by atoms with Gasteiger partial charge in [-0.05, 0) is 71.2 Å². The Balaban J connectivity index is 1.93. The summed E-state index contributed by atoms with van der Waals surface area (Å²) in [5, 5.41) is 11.0. The maximum atomic E-state index is 11.0. The van der Waals surface area contributed by atoms with E-state index >= 15 is 0 Å². The van der Waals surface area contributed by atoms with Crippen molar-refractivity contribution in [3.8, 4) is 0 Å². The Morgan fingerprint density at radius 2 is 1.89 bits per heavy atom. The number of aliphatic hydroxyl groups is 1. The van der Waals surface area contributed by atoms with Gasteiger partial charge in [-0.15, -0.1) is 0 Å². The molecule has 0 fully saturated rings. The molecule has 0 amide bonds. The van der Waals surface area contributed by atoms with Crippen molar-refractivity contribution in [2.45, 2.75) is 31.8 Å². The van der Waals surface area contributed by atoms with Crippen LogP contribution in [0.5, 0.6) is 0 Å². The molecule has 1 aliphatic rings. The third-order valence-electron chi connectivity index (χ3n) is 3.98. The number of benzene rings is 2. The summed E-state index contributed by atoms with van der Waals surface area (Å²) in [5.74, 6) is 0. The van der Waals surface area contributed by atoms with Crippen LogP contribution in [0.4, 0.5) is 0 Å². The Labute approximate surface area is 127 Å². The lowest BCUT2D eigenvalue weighted by Crippen LogP contribution is -2.25. The van der Waals surface area contributed by atoms with E-state index in [1.54, 1.807) is 0 Å². The molecule has 98 valence electrons. The molecule has 0 radical (unpaired) electrons. The molecule has 0 saturated carbocycles. The van der Waals surface area contributed by atoms with E-state index in [4.69, 9.17) is 0 Å². The van der Waals surface area contributed by atoms with Crippen molar-refractivity contribution in [1.29, 1.82) is 0 Å². The highest BCUT2D eigenvalue weighted by molar-refractivity contribution is 14.1. The standard InChI is InChI=1S/C17H17IO/c1-12-2-5-14-8-9-17(19,16(14)10-12)11-13-3-6-15(18)7-4-13/h2-7,10,19H,8-9,11H2,1H3. The monoisotopic (exact) mass is 364 g/mol. The highest BCUT2D eigenvalue weighted by atomic mass is 127. The van der Waals surface area contributed by atoms with Gasteiger partial charge >= 0.3 is 0 Å². The molecule has 0 saturated heterocycles. The van der Waals surface area contributed by atoms with E-state index < -0.39 is 5.60 Å². The lowest BCUT2D eigenvalue weighted by Gasteiger charge is -2.24. The van der Waals surface area contributed by atoms with Gasteiger partial charge in [0.25, 0.3) is 0 Å². The highest BCUT2D eigenvalue weighted by Crippen LogP contribution is 2.39. The summed E-state index contributed by atoms with van der Waals surface area (Å²) >= 11 is 2.31. The molecule has 0 aliphatic heterocycles. The predicted octanol–water partition coefficient (Wildman–Crippen LogP) is 3.98. The van der Waals surface area contributed by atoms with Crippen molar-refractivity contribution in [2.75, 3.05) is 0 Å². The predicted molar refractivity (Wildman–Crippen MR) is 86.3 cm³/mol. The average molecular weight is 364 g/mol. The Bertz CT molecular complexity index is 603. The van der Waals surface area contributed by atoms with E-state index in [-0.39, 0.29) is 0 Å². The summed E-state index contributed by atoms with van der Waals surface area (Å²) < 4.78 is 1.23.